The minimum Gasteiger partial charge on any atom is -0.328 e. The molecule has 0 amide bonds. The zero-order valence-electron chi connectivity index (χ0n) is 8.34. The van der Waals surface area contributed by atoms with E-state index in [1.54, 1.807) is 0 Å². The van der Waals surface area contributed by atoms with Gasteiger partial charge in [-0.2, -0.15) is 0 Å². The zero-order valence-corrected chi connectivity index (χ0v) is 8.34. The summed E-state index contributed by atoms with van der Waals surface area (Å²) in [7, 11) is 2.06. The first-order valence-electron chi connectivity index (χ1n) is 5.17. The van der Waals surface area contributed by atoms with Gasteiger partial charge in [-0.15, -0.1) is 0 Å². The van der Waals surface area contributed by atoms with Crippen LogP contribution >= 0.6 is 0 Å². The number of nitrogens with two attached hydrogens (primary N) is 1. The third-order valence-electron chi connectivity index (χ3n) is 2.97. The summed E-state index contributed by atoms with van der Waals surface area (Å²) in [5.41, 5.74) is 5.80. The van der Waals surface area contributed by atoms with Gasteiger partial charge in [0, 0.05) is 12.1 Å². The Balaban J connectivity index is 2.32. The van der Waals surface area contributed by atoms with E-state index in [0.717, 1.165) is 12.3 Å². The Bertz CT molecular complexity index is 117. The van der Waals surface area contributed by atoms with E-state index in [4.69, 9.17) is 5.73 Å². The molecule has 2 unspecified atom stereocenters. The number of hydrogen-bond donors (Lipinski definition) is 2. The van der Waals surface area contributed by atoms with Crippen LogP contribution in [-0.4, -0.2) is 19.1 Å². The molecule has 2 atom stereocenters. The van der Waals surface area contributed by atoms with Crippen LogP contribution in [0.2, 0.25) is 0 Å². The predicted octanol–water partition coefficient (Wildman–Crippen LogP) is 1.50. The monoisotopic (exact) mass is 170 g/mol. The van der Waals surface area contributed by atoms with E-state index in [2.05, 4.69) is 19.3 Å². The van der Waals surface area contributed by atoms with Crippen LogP contribution in [0.15, 0.2) is 0 Å². The topological polar surface area (TPSA) is 38.0 Å². The maximum atomic E-state index is 5.80. The number of nitrogens with one attached hydrogen (secondary N) is 1. The van der Waals surface area contributed by atoms with Gasteiger partial charge in [0.25, 0.3) is 0 Å². The summed E-state index contributed by atoms with van der Waals surface area (Å²) < 4.78 is 0. The minimum absolute atomic E-state index is 0.336. The van der Waals surface area contributed by atoms with E-state index in [1.165, 1.54) is 25.7 Å². The first kappa shape index (κ1) is 10.0. The van der Waals surface area contributed by atoms with Gasteiger partial charge < -0.3 is 11.1 Å². The summed E-state index contributed by atoms with van der Waals surface area (Å²) in [6.45, 7) is 2.10. The zero-order chi connectivity index (χ0) is 8.97. The molecule has 1 saturated carbocycles. The maximum absolute atomic E-state index is 5.80. The second kappa shape index (κ2) is 4.83. The van der Waals surface area contributed by atoms with Crippen molar-refractivity contribution in [2.24, 2.45) is 11.7 Å². The van der Waals surface area contributed by atoms with E-state index in [-0.39, 0.29) is 0 Å². The molecule has 12 heavy (non-hydrogen) atoms. The van der Waals surface area contributed by atoms with Crippen LogP contribution in [0.4, 0.5) is 0 Å². The van der Waals surface area contributed by atoms with Crippen LogP contribution in [-0.2, 0) is 0 Å². The lowest BCUT2D eigenvalue weighted by molar-refractivity contribution is 0.343. The van der Waals surface area contributed by atoms with Gasteiger partial charge in [0.05, 0.1) is 0 Å². The second-order valence-corrected chi connectivity index (χ2v) is 4.15. The van der Waals surface area contributed by atoms with Crippen molar-refractivity contribution in [1.82, 2.24) is 5.32 Å². The third-order valence-corrected chi connectivity index (χ3v) is 2.97. The van der Waals surface area contributed by atoms with E-state index < -0.39 is 0 Å². The molecule has 0 radical (unpaired) electrons. The Morgan fingerprint density at radius 3 is 2.42 bits per heavy atom. The molecule has 0 heterocycles. The SMILES string of the molecule is CNC(CC(C)N)C1CCCC1. The molecule has 0 aromatic carbocycles. The molecule has 2 heteroatoms. The van der Waals surface area contributed by atoms with Crippen molar-refractivity contribution in [1.29, 1.82) is 0 Å². The van der Waals surface area contributed by atoms with Crippen molar-refractivity contribution in [3.8, 4) is 0 Å². The average Bonchev–Trinajstić information content (AvgIpc) is 2.51. The van der Waals surface area contributed by atoms with Gasteiger partial charge in [-0.3, -0.25) is 0 Å². The maximum Gasteiger partial charge on any atom is 0.0107 e. The molecule has 3 N–H and O–H groups in total. The molecule has 72 valence electrons. The standard InChI is InChI=1S/C10H22N2/c1-8(11)7-10(12-2)9-5-3-4-6-9/h8-10,12H,3-7,11H2,1-2H3. The van der Waals surface area contributed by atoms with Crippen LogP contribution in [0, 0.1) is 5.92 Å². The van der Waals surface area contributed by atoms with Gasteiger partial charge in [-0.1, -0.05) is 12.8 Å². The first-order chi connectivity index (χ1) is 5.74. The van der Waals surface area contributed by atoms with Crippen LogP contribution in [0.5, 0.6) is 0 Å². The smallest absolute Gasteiger partial charge is 0.0107 e. The highest BCUT2D eigenvalue weighted by Crippen LogP contribution is 2.29. The molecule has 2 nitrogen and oxygen atoms in total. The Morgan fingerprint density at radius 1 is 1.42 bits per heavy atom. The highest BCUT2D eigenvalue weighted by atomic mass is 14.9. The molecule has 0 bridgehead atoms. The van der Waals surface area contributed by atoms with E-state index >= 15 is 0 Å². The van der Waals surface area contributed by atoms with E-state index in [9.17, 15) is 0 Å². The molecule has 0 aliphatic heterocycles. The Morgan fingerprint density at radius 2 is 2.00 bits per heavy atom. The fraction of sp³-hybridized carbons (Fsp3) is 1.00. The van der Waals surface area contributed by atoms with Gasteiger partial charge in [0.2, 0.25) is 0 Å². The second-order valence-electron chi connectivity index (χ2n) is 4.15. The highest BCUT2D eigenvalue weighted by molar-refractivity contribution is 4.81. The highest BCUT2D eigenvalue weighted by Gasteiger charge is 2.23. The lowest BCUT2D eigenvalue weighted by Gasteiger charge is -2.24. The van der Waals surface area contributed by atoms with Crippen molar-refractivity contribution in [3.63, 3.8) is 0 Å². The van der Waals surface area contributed by atoms with Crippen molar-refractivity contribution in [2.45, 2.75) is 51.1 Å². The van der Waals surface area contributed by atoms with Crippen molar-refractivity contribution in [2.75, 3.05) is 7.05 Å². The lowest BCUT2D eigenvalue weighted by Crippen LogP contribution is -2.37. The van der Waals surface area contributed by atoms with Crippen molar-refractivity contribution in [3.05, 3.63) is 0 Å². The van der Waals surface area contributed by atoms with Gasteiger partial charge in [-0.25, -0.2) is 0 Å². The summed E-state index contributed by atoms with van der Waals surface area (Å²) >= 11 is 0. The summed E-state index contributed by atoms with van der Waals surface area (Å²) in [4.78, 5) is 0. The van der Waals surface area contributed by atoms with Crippen LogP contribution < -0.4 is 11.1 Å². The van der Waals surface area contributed by atoms with E-state index in [1.807, 2.05) is 0 Å². The molecule has 0 aromatic heterocycles. The number of hydrogen-bond acceptors (Lipinski definition) is 2. The minimum atomic E-state index is 0.336. The summed E-state index contributed by atoms with van der Waals surface area (Å²) in [6.07, 6.45) is 6.77. The molecule has 1 aliphatic carbocycles. The Hall–Kier alpha value is -0.0800. The Labute approximate surface area is 75.9 Å². The predicted molar refractivity (Wildman–Crippen MR) is 53.1 cm³/mol. The van der Waals surface area contributed by atoms with Crippen LogP contribution in [0.3, 0.4) is 0 Å². The van der Waals surface area contributed by atoms with Gasteiger partial charge in [0.1, 0.15) is 0 Å². The molecular weight excluding hydrogens is 148 g/mol. The van der Waals surface area contributed by atoms with Crippen molar-refractivity contribution < 1.29 is 0 Å². The van der Waals surface area contributed by atoms with Gasteiger partial charge in [0.15, 0.2) is 0 Å². The lowest BCUT2D eigenvalue weighted by atomic mass is 9.93. The molecule has 1 rings (SSSR count). The molecule has 0 aromatic rings. The molecule has 0 spiro atoms. The largest absolute Gasteiger partial charge is 0.328 e. The van der Waals surface area contributed by atoms with Crippen molar-refractivity contribution >= 4 is 0 Å². The average molecular weight is 170 g/mol. The third kappa shape index (κ3) is 2.76. The molecule has 0 saturated heterocycles. The van der Waals surface area contributed by atoms with E-state index in [0.29, 0.717) is 12.1 Å². The number of rotatable bonds is 4. The molecule has 1 aliphatic rings. The summed E-state index contributed by atoms with van der Waals surface area (Å²) in [5.74, 6) is 0.890. The first-order valence-corrected chi connectivity index (χ1v) is 5.17. The molecule has 1 fully saturated rings. The summed E-state index contributed by atoms with van der Waals surface area (Å²) in [6, 6.07) is 0.996. The quantitative estimate of drug-likeness (QED) is 0.671. The Kier molecular flexibility index (Phi) is 4.02. The van der Waals surface area contributed by atoms with Gasteiger partial charge in [-0.05, 0) is 39.2 Å². The normalized spacial score (nSPS) is 24.2. The fourth-order valence-corrected chi connectivity index (χ4v) is 2.31. The van der Waals surface area contributed by atoms with Gasteiger partial charge >= 0.3 is 0 Å². The van der Waals surface area contributed by atoms with Crippen LogP contribution in [0.25, 0.3) is 0 Å². The fourth-order valence-electron chi connectivity index (χ4n) is 2.31. The van der Waals surface area contributed by atoms with Crippen LogP contribution in [0.1, 0.15) is 39.0 Å². The summed E-state index contributed by atoms with van der Waals surface area (Å²) in [5, 5.41) is 3.40. The molecular formula is C10H22N2.